The van der Waals surface area contributed by atoms with Gasteiger partial charge in [0.25, 0.3) is 5.91 Å². The maximum absolute atomic E-state index is 14.3. The highest BCUT2D eigenvalue weighted by atomic mass is 19.2. The third-order valence-electron chi connectivity index (χ3n) is 17.1. The number of hydrogen-bond donors (Lipinski definition) is 9. The lowest BCUT2D eigenvalue weighted by Crippen LogP contribution is -2.38. The molecule has 26 nitrogen and oxygen atoms in total. The number of nitrogens with two attached hydrogens (primary N) is 1. The highest BCUT2D eigenvalue weighted by Crippen LogP contribution is 2.33. The number of nitrogens with zero attached hydrogens (tertiary/aromatic N) is 3. The number of ether oxygens (including phenoxy) is 2. The molecule has 0 aromatic heterocycles. The quantitative estimate of drug-likeness (QED) is 0.00625. The third kappa shape index (κ3) is 24.7. The molecule has 0 saturated carbocycles. The van der Waals surface area contributed by atoms with Crippen molar-refractivity contribution in [2.45, 2.75) is 92.8 Å². The zero-order valence-electron chi connectivity index (χ0n) is 62.9. The first kappa shape index (κ1) is 96.1. The number of hydrogen-bond acceptors (Lipinski definition) is 22. The van der Waals surface area contributed by atoms with Gasteiger partial charge >= 0.3 is 65.4 Å². The van der Waals surface area contributed by atoms with Crippen molar-refractivity contribution >= 4 is 104 Å². The predicted octanol–water partition coefficient (Wildman–Crippen LogP) is 5.91. The highest BCUT2D eigenvalue weighted by Gasteiger charge is 2.38. The van der Waals surface area contributed by atoms with Crippen LogP contribution in [0.3, 0.4) is 0 Å². The molecule has 0 unspecified atom stereocenters. The molecule has 7 aromatic carbocycles. The van der Waals surface area contributed by atoms with Crippen molar-refractivity contribution in [3.63, 3.8) is 0 Å². The lowest BCUT2D eigenvalue weighted by Gasteiger charge is -2.21. The first-order valence-electron chi connectivity index (χ1n) is 35.0. The van der Waals surface area contributed by atoms with E-state index in [1.165, 1.54) is 44.8 Å². The minimum atomic E-state index is -2.42. The summed E-state index contributed by atoms with van der Waals surface area (Å²) in [7, 11) is -8.01. The van der Waals surface area contributed by atoms with Crippen LogP contribution >= 0.6 is 0 Å². The van der Waals surface area contributed by atoms with E-state index in [1.807, 2.05) is 0 Å². The molecule has 7 aromatic rings. The van der Waals surface area contributed by atoms with Crippen molar-refractivity contribution in [1.82, 2.24) is 9.80 Å². The van der Waals surface area contributed by atoms with Crippen LogP contribution in [0.2, 0.25) is 0 Å². The average Bonchev–Trinajstić information content (AvgIpc) is 1.80. The molecule has 0 aliphatic carbocycles. The second-order valence-corrected chi connectivity index (χ2v) is 24.5. The Labute approximate surface area is 661 Å². The van der Waals surface area contributed by atoms with E-state index in [0.717, 1.165) is 41.7 Å². The van der Waals surface area contributed by atoms with Gasteiger partial charge in [-0.05, 0) is 127 Å². The Kier molecular flexibility index (Phi) is 36.9. The van der Waals surface area contributed by atoms with Crippen molar-refractivity contribution < 1.29 is 178 Å². The van der Waals surface area contributed by atoms with Gasteiger partial charge in [0.15, 0.2) is 5.78 Å². The summed E-state index contributed by atoms with van der Waals surface area (Å²) in [6, 6.07) is 11.6. The second-order valence-electron chi connectivity index (χ2n) is 24.5. The molecule has 630 valence electrons. The Hall–Kier alpha value is -10.8. The van der Waals surface area contributed by atoms with Gasteiger partial charge in [0.1, 0.15) is 35.6 Å². The SMILES string of the molecule is CC#N.CCN(CC)CC.NCCCCC(=O)O.O=C(O)CN(CCCC(=O)c1cc(F)c2c(c1)B(O)OC2)C(=O)c1cc(F)c2c(c1)B(O)OC2.O=C(O)c1cc(F)c2c(c1)B(O)OC2.O=C(Oc1c(F)c(F)c(F)c(F)c1F)c1cc(F)c2c(c1)B(O)OC2.O=C(Oc1c(F)c(F)c(F)c(F)c1F)c1cc(F)c2c(c1)B(O)OC2.[2H]CF. The minimum absolute atomic E-state index is 0.0200. The van der Waals surface area contributed by atoms with Gasteiger partial charge in [0.2, 0.25) is 69.7 Å². The molecule has 118 heavy (non-hydrogen) atoms. The topological polar surface area (TPSA) is 402 Å². The molecule has 5 aliphatic rings. The van der Waals surface area contributed by atoms with Gasteiger partial charge in [0.05, 0.1) is 64.3 Å². The summed E-state index contributed by atoms with van der Waals surface area (Å²) in [5.41, 5.74) is 4.22. The molecular formula is C71H67B5F16N4O22. The van der Waals surface area contributed by atoms with Crippen LogP contribution in [0.5, 0.6) is 11.5 Å². The van der Waals surface area contributed by atoms with Crippen LogP contribution in [-0.4, -0.2) is 174 Å². The second kappa shape index (κ2) is 45.3. The van der Waals surface area contributed by atoms with Crippen molar-refractivity contribution in [1.29, 1.82) is 5.26 Å². The number of rotatable bonds is 20. The Morgan fingerprint density at radius 3 is 1.02 bits per heavy atom. The number of unbranched alkanes of at least 4 members (excludes halogenated alkanes) is 1. The zero-order valence-corrected chi connectivity index (χ0v) is 61.9. The molecule has 5 heterocycles. The average molecular weight is 1690 g/mol. The van der Waals surface area contributed by atoms with Crippen LogP contribution in [-0.2, 0) is 65.9 Å². The molecule has 0 radical (unpaired) electrons. The van der Waals surface area contributed by atoms with Gasteiger partial charge in [-0.1, -0.05) is 26.8 Å². The summed E-state index contributed by atoms with van der Waals surface area (Å²) in [5.74, 6) is -38.8. The fourth-order valence-corrected chi connectivity index (χ4v) is 11.0. The maximum atomic E-state index is 14.3. The predicted molar refractivity (Wildman–Crippen MR) is 383 cm³/mol. The highest BCUT2D eigenvalue weighted by molar-refractivity contribution is 6.63. The fourth-order valence-electron chi connectivity index (χ4n) is 11.0. The van der Waals surface area contributed by atoms with E-state index in [2.05, 4.69) is 35.1 Å². The van der Waals surface area contributed by atoms with Crippen molar-refractivity contribution in [2.24, 2.45) is 5.73 Å². The molecule has 47 heteroatoms. The van der Waals surface area contributed by atoms with Crippen LogP contribution in [0.25, 0.3) is 0 Å². The molecule has 0 atom stereocenters. The number of nitriles is 1. The Morgan fingerprint density at radius 2 is 0.729 bits per heavy atom. The lowest BCUT2D eigenvalue weighted by molar-refractivity contribution is -0.138. The molecular weight excluding hydrogens is 1620 g/mol. The molecule has 0 saturated heterocycles. The van der Waals surface area contributed by atoms with Crippen LogP contribution in [0.4, 0.5) is 70.2 Å². The number of aliphatic carboxylic acids is 2. The lowest BCUT2D eigenvalue weighted by atomic mass is 9.78. The van der Waals surface area contributed by atoms with Crippen molar-refractivity contribution in [3.8, 4) is 17.6 Å². The number of carbonyl (C=O) groups excluding carboxylic acids is 4. The molecule has 1 amide bonds. The summed E-state index contributed by atoms with van der Waals surface area (Å²) < 4.78 is 250. The standard InChI is InChI=1S/C21H19B2F2NO8.2C14H5BF6O4.C8H6BFO4.C6H15N.C5H11NO2.C2H3N.CH3F/c24-17-6-11(4-15-13(17)9-33-22(15)31)19(27)2-1-3-26(8-20(28)29)21(30)12-5-16-14(18(25)7-12)10-34-23(16)32;2*16-7-2-4(1-6-5(7)3-24-15(6)23)14(22)25-13-11(20)9(18)8(17)10(19)12(13)21;10-7-2-4(8(11)12)1-6-5(7)3-14-9(6)13;1-4-7(5-2)6-3;6-4-2-1-3-5(7)8;1-2-3;1-2/h4-7,31-32H,1-3,8-10H2,(H,28,29);2*1-2,23H,3H2;1-2,13H,3H2,(H,11,12);4-6H2,1-3H3;1-4,6H2,(H,7,8);1H3;1H3/i;;;;;;;1D. The first-order chi connectivity index (χ1) is 56.1. The van der Waals surface area contributed by atoms with Crippen LogP contribution in [0.1, 0.15) is 141 Å². The number of benzene rings is 7. The number of Topliss-reactive ketones (excluding diaryl/α,β-unsaturated/α-hetero) is 1. The number of ketones is 1. The summed E-state index contributed by atoms with van der Waals surface area (Å²) in [4.78, 5) is 84.2. The molecule has 0 spiro atoms. The van der Waals surface area contributed by atoms with E-state index in [1.54, 1.807) is 6.07 Å². The monoisotopic (exact) mass is 1690 g/mol. The van der Waals surface area contributed by atoms with E-state index in [4.69, 9.17) is 45.9 Å². The number of carboxylic acids is 3. The molecule has 0 bridgehead atoms. The van der Waals surface area contributed by atoms with Gasteiger partial charge < -0.3 is 88.7 Å². The Bertz CT molecular complexity index is 4730. The van der Waals surface area contributed by atoms with Crippen LogP contribution < -0.4 is 42.5 Å². The third-order valence-corrected chi connectivity index (χ3v) is 17.1. The van der Waals surface area contributed by atoms with E-state index >= 15 is 0 Å². The number of esters is 2. The van der Waals surface area contributed by atoms with Crippen molar-refractivity contribution in [2.75, 3.05) is 46.4 Å². The maximum Gasteiger partial charge on any atom is 0.491 e. The van der Waals surface area contributed by atoms with E-state index in [-0.39, 0.29) is 131 Å². The molecule has 5 aliphatic heterocycles. The molecule has 10 N–H and O–H groups in total. The molecule has 12 rings (SSSR count). The number of fused-ring (bicyclic) bond motifs is 5. The number of carbonyl (C=O) groups is 7. The van der Waals surface area contributed by atoms with E-state index in [0.29, 0.717) is 25.1 Å². The largest absolute Gasteiger partial charge is 0.491 e. The first-order valence-corrected chi connectivity index (χ1v) is 34.3. The van der Waals surface area contributed by atoms with Gasteiger partial charge in [-0.25, -0.2) is 62.7 Å². The van der Waals surface area contributed by atoms with Crippen molar-refractivity contribution in [3.05, 3.63) is 204 Å². The van der Waals surface area contributed by atoms with Crippen LogP contribution in [0.15, 0.2) is 60.7 Å². The number of halogens is 16. The van der Waals surface area contributed by atoms with Gasteiger partial charge in [-0.15, -0.1) is 0 Å². The number of carboxylic acid groups (broad SMARTS) is 3. The van der Waals surface area contributed by atoms with Gasteiger partial charge in [-0.3, -0.25) is 23.6 Å². The summed E-state index contributed by atoms with van der Waals surface area (Å²) in [5, 5.41) is 81.0. The zero-order chi connectivity index (χ0) is 89.3. The normalized spacial score (nSPS) is 12.8. The number of alkyl halides is 1. The van der Waals surface area contributed by atoms with Crippen LogP contribution in [0, 0.1) is 98.6 Å². The van der Waals surface area contributed by atoms with Gasteiger partial charge in [-0.2, -0.15) is 22.8 Å². The Balaban J connectivity index is 0.000000267. The summed E-state index contributed by atoms with van der Waals surface area (Å²) >= 11 is 0. The number of aromatic carboxylic acids is 1. The summed E-state index contributed by atoms with van der Waals surface area (Å²) in [6.07, 6.45) is 1.67. The summed E-state index contributed by atoms with van der Waals surface area (Å²) in [6.45, 7) is 10.5. The fraction of sp³-hybridized carbons (Fsp3) is 0.296. The van der Waals surface area contributed by atoms with E-state index in [9.17, 15) is 134 Å². The number of amides is 1. The van der Waals surface area contributed by atoms with Gasteiger partial charge in [0, 0.05) is 65.3 Å². The smallest absolute Gasteiger partial charge is 0.481 e. The Morgan fingerprint density at radius 1 is 0.449 bits per heavy atom. The van der Waals surface area contributed by atoms with E-state index < -0.39 is 201 Å². The molecule has 0 fully saturated rings. The minimum Gasteiger partial charge on any atom is -0.481 e.